The van der Waals surface area contributed by atoms with Crippen LogP contribution >= 0.6 is 0 Å². The molecule has 0 spiro atoms. The van der Waals surface area contributed by atoms with Crippen molar-refractivity contribution < 1.29 is 9.18 Å². The monoisotopic (exact) mass is 490 g/mol. The molecule has 2 saturated carbocycles. The van der Waals surface area contributed by atoms with E-state index in [1.54, 1.807) is 0 Å². The van der Waals surface area contributed by atoms with Crippen molar-refractivity contribution in [3.8, 4) is 0 Å². The van der Waals surface area contributed by atoms with Gasteiger partial charge in [-0.05, 0) is 101 Å². The molecule has 198 valence electrons. The second kappa shape index (κ2) is 11.3. The first-order valence-electron chi connectivity index (χ1n) is 14.4. The van der Waals surface area contributed by atoms with Gasteiger partial charge < -0.3 is 21.3 Å². The summed E-state index contributed by atoms with van der Waals surface area (Å²) in [5, 5.41) is 17.2. The van der Waals surface area contributed by atoms with Crippen molar-refractivity contribution in [1.29, 1.82) is 0 Å². The Morgan fingerprint density at radius 2 is 1.94 bits per heavy atom. The highest BCUT2D eigenvalue weighted by atomic mass is 19.1. The van der Waals surface area contributed by atoms with Gasteiger partial charge in [-0.2, -0.15) is 0 Å². The van der Waals surface area contributed by atoms with Crippen LogP contribution in [-0.4, -0.2) is 62.5 Å². The van der Waals surface area contributed by atoms with Crippen LogP contribution in [-0.2, 0) is 4.79 Å². The summed E-state index contributed by atoms with van der Waals surface area (Å²) in [5.41, 5.74) is 0. The fourth-order valence-electron chi connectivity index (χ4n) is 7.41. The molecular formula is C27H47FN6O. The van der Waals surface area contributed by atoms with Gasteiger partial charge in [0.05, 0.1) is 6.54 Å². The minimum atomic E-state index is -0.891. The number of amides is 1. The normalized spacial score (nSPS) is 40.9. The molecule has 7 nitrogen and oxygen atoms in total. The molecule has 5 N–H and O–H groups in total. The Hall–Kier alpha value is -1.41. The molecule has 0 aromatic rings. The lowest BCUT2D eigenvalue weighted by Crippen LogP contribution is -2.56. The van der Waals surface area contributed by atoms with Gasteiger partial charge in [-0.15, -0.1) is 0 Å². The third-order valence-corrected chi connectivity index (χ3v) is 9.46. The lowest BCUT2D eigenvalue weighted by Gasteiger charge is -2.44. The zero-order valence-corrected chi connectivity index (χ0v) is 21.7. The molecular weight excluding hydrogens is 443 g/mol. The highest BCUT2D eigenvalue weighted by molar-refractivity contribution is 5.81. The van der Waals surface area contributed by atoms with Gasteiger partial charge in [-0.3, -0.25) is 15.1 Å². The van der Waals surface area contributed by atoms with Crippen LogP contribution in [0, 0.1) is 35.5 Å². The molecule has 3 aliphatic heterocycles. The number of hydrogen-bond acceptors (Lipinski definition) is 6. The summed E-state index contributed by atoms with van der Waals surface area (Å²) in [7, 11) is 0. The van der Waals surface area contributed by atoms with E-state index in [-0.39, 0.29) is 23.9 Å². The maximum Gasteiger partial charge on any atom is 0.223 e. The maximum atomic E-state index is 14.0. The van der Waals surface area contributed by atoms with E-state index in [0.717, 1.165) is 70.2 Å². The third-order valence-electron chi connectivity index (χ3n) is 9.46. The van der Waals surface area contributed by atoms with Crippen molar-refractivity contribution in [1.82, 2.24) is 26.6 Å². The SMILES string of the molecule is CC1CCNC(C(NC(=O)C2CC(CNC3=NCCN3)CC(C3CCC(F)NC3C)C2)C2CC2)C1. The van der Waals surface area contributed by atoms with Crippen LogP contribution in [0.25, 0.3) is 0 Å². The van der Waals surface area contributed by atoms with Gasteiger partial charge in [0.15, 0.2) is 12.3 Å². The molecule has 2 aliphatic carbocycles. The Kier molecular flexibility index (Phi) is 8.17. The Morgan fingerprint density at radius 3 is 2.66 bits per heavy atom. The van der Waals surface area contributed by atoms with Gasteiger partial charge in [-0.25, -0.2) is 4.39 Å². The van der Waals surface area contributed by atoms with Gasteiger partial charge in [0.2, 0.25) is 5.91 Å². The van der Waals surface area contributed by atoms with Crippen LogP contribution < -0.4 is 26.6 Å². The van der Waals surface area contributed by atoms with Crippen molar-refractivity contribution in [2.45, 2.75) is 96.1 Å². The summed E-state index contributed by atoms with van der Waals surface area (Å²) in [6.07, 6.45) is 8.43. The summed E-state index contributed by atoms with van der Waals surface area (Å²) >= 11 is 0. The Morgan fingerprint density at radius 1 is 1.09 bits per heavy atom. The first kappa shape index (κ1) is 25.2. The highest BCUT2D eigenvalue weighted by Gasteiger charge is 2.43. The molecule has 8 heteroatoms. The quantitative estimate of drug-likeness (QED) is 0.354. The zero-order valence-electron chi connectivity index (χ0n) is 21.7. The van der Waals surface area contributed by atoms with Crippen LogP contribution in [0.2, 0.25) is 0 Å². The summed E-state index contributed by atoms with van der Waals surface area (Å²) in [6, 6.07) is 0.830. The van der Waals surface area contributed by atoms with Crippen LogP contribution in [0.4, 0.5) is 4.39 Å². The molecule has 0 radical (unpaired) electrons. The third kappa shape index (κ3) is 6.48. The number of nitrogens with zero attached hydrogens (tertiary/aromatic N) is 1. The first-order valence-corrected chi connectivity index (χ1v) is 14.4. The van der Waals surface area contributed by atoms with Crippen molar-refractivity contribution in [3.05, 3.63) is 0 Å². The number of rotatable bonds is 7. The smallest absolute Gasteiger partial charge is 0.223 e. The van der Waals surface area contributed by atoms with E-state index >= 15 is 0 Å². The summed E-state index contributed by atoms with van der Waals surface area (Å²) in [4.78, 5) is 18.2. The summed E-state index contributed by atoms with van der Waals surface area (Å²) in [6.45, 7) is 8.10. The average molecular weight is 491 g/mol. The van der Waals surface area contributed by atoms with Crippen molar-refractivity contribution in [2.24, 2.45) is 40.5 Å². The second-order valence-electron chi connectivity index (χ2n) is 12.3. The Balaban J connectivity index is 1.25. The molecule has 9 unspecified atom stereocenters. The number of piperidine rings is 2. The predicted molar refractivity (Wildman–Crippen MR) is 138 cm³/mol. The van der Waals surface area contributed by atoms with Crippen LogP contribution in [0.15, 0.2) is 4.99 Å². The lowest BCUT2D eigenvalue weighted by molar-refractivity contribution is -0.129. The predicted octanol–water partition coefficient (Wildman–Crippen LogP) is 2.53. The number of carbonyl (C=O) groups is 1. The Labute approximate surface area is 210 Å². The largest absolute Gasteiger partial charge is 0.356 e. The van der Waals surface area contributed by atoms with E-state index in [4.69, 9.17) is 0 Å². The van der Waals surface area contributed by atoms with Gasteiger partial charge in [-0.1, -0.05) is 6.92 Å². The minimum absolute atomic E-state index is 0.0385. The number of alkyl halides is 1. The maximum absolute atomic E-state index is 14.0. The lowest BCUT2D eigenvalue weighted by atomic mass is 9.66. The molecule has 3 heterocycles. The zero-order chi connectivity index (χ0) is 24.4. The molecule has 0 aromatic carbocycles. The minimum Gasteiger partial charge on any atom is -0.356 e. The van der Waals surface area contributed by atoms with E-state index in [0.29, 0.717) is 36.1 Å². The van der Waals surface area contributed by atoms with Gasteiger partial charge in [0, 0.05) is 37.1 Å². The Bertz CT molecular complexity index is 760. The number of halogens is 1. The topological polar surface area (TPSA) is 89.6 Å². The fourth-order valence-corrected chi connectivity index (χ4v) is 7.41. The second-order valence-corrected chi connectivity index (χ2v) is 12.3. The number of carbonyl (C=O) groups excluding carboxylic acids is 1. The fraction of sp³-hybridized carbons (Fsp3) is 0.926. The van der Waals surface area contributed by atoms with Crippen molar-refractivity contribution in [3.63, 3.8) is 0 Å². The molecule has 2 saturated heterocycles. The highest BCUT2D eigenvalue weighted by Crippen LogP contribution is 2.42. The van der Waals surface area contributed by atoms with Crippen LogP contribution in [0.5, 0.6) is 0 Å². The molecule has 35 heavy (non-hydrogen) atoms. The molecule has 9 atom stereocenters. The van der Waals surface area contributed by atoms with E-state index in [9.17, 15) is 9.18 Å². The van der Waals surface area contributed by atoms with Crippen LogP contribution in [0.1, 0.15) is 71.6 Å². The number of nitrogens with one attached hydrogen (secondary N) is 5. The number of hydrogen-bond donors (Lipinski definition) is 5. The number of aliphatic imine (C=N–C) groups is 1. The van der Waals surface area contributed by atoms with Gasteiger partial charge in [0.1, 0.15) is 0 Å². The molecule has 5 rings (SSSR count). The molecule has 5 aliphatic rings. The molecule has 1 amide bonds. The van der Waals surface area contributed by atoms with Crippen molar-refractivity contribution in [2.75, 3.05) is 26.2 Å². The number of guanidine groups is 1. The molecule has 4 fully saturated rings. The van der Waals surface area contributed by atoms with Crippen molar-refractivity contribution >= 4 is 11.9 Å². The average Bonchev–Trinajstić information content (AvgIpc) is 3.55. The van der Waals surface area contributed by atoms with Crippen LogP contribution in [0.3, 0.4) is 0 Å². The van der Waals surface area contributed by atoms with E-state index in [1.165, 1.54) is 19.3 Å². The first-order chi connectivity index (χ1) is 17.0. The molecule has 0 bridgehead atoms. The van der Waals surface area contributed by atoms with E-state index in [1.807, 2.05) is 0 Å². The van der Waals surface area contributed by atoms with Gasteiger partial charge >= 0.3 is 0 Å². The summed E-state index contributed by atoms with van der Waals surface area (Å²) < 4.78 is 14.0. The molecule has 0 aromatic heterocycles. The van der Waals surface area contributed by atoms with E-state index < -0.39 is 6.30 Å². The standard InChI is InChI=1S/C27H47FN6O/c1-16-7-8-29-23(11-16)25(19-3-4-19)34-26(35)21-13-18(15-32-27-30-9-10-31-27)12-20(14-21)22-5-6-24(28)33-17(22)2/h16-25,29,33H,3-15H2,1-2H3,(H,34,35)(H2,30,31,32). The summed E-state index contributed by atoms with van der Waals surface area (Å²) in [5.74, 6) is 3.86. The van der Waals surface area contributed by atoms with Gasteiger partial charge in [0.25, 0.3) is 0 Å². The van der Waals surface area contributed by atoms with E-state index in [2.05, 4.69) is 45.4 Å².